The van der Waals surface area contributed by atoms with Crippen LogP contribution in [0.5, 0.6) is 0 Å². The van der Waals surface area contributed by atoms with E-state index in [0.717, 1.165) is 38.2 Å². The maximum atomic E-state index is 13.8. The van der Waals surface area contributed by atoms with Crippen LogP contribution in [0, 0.1) is 5.82 Å². The number of rotatable bonds is 4. The van der Waals surface area contributed by atoms with E-state index in [4.69, 9.17) is 5.73 Å². The van der Waals surface area contributed by atoms with Crippen molar-refractivity contribution in [3.05, 3.63) is 30.1 Å². The molecule has 0 aromatic heterocycles. The Balaban J connectivity index is 2.40. The number of nitrogens with two attached hydrogens (primary N) is 1. The smallest absolute Gasteiger partial charge is 0.246 e. The fourth-order valence-electron chi connectivity index (χ4n) is 2.91. The van der Waals surface area contributed by atoms with E-state index in [0.29, 0.717) is 0 Å². The molecule has 0 radical (unpaired) electrons. The Morgan fingerprint density at radius 1 is 1.25 bits per heavy atom. The number of hydrogen-bond acceptors (Lipinski definition) is 3. The Kier molecular flexibility index (Phi) is 4.46. The molecule has 0 spiro atoms. The molecule has 2 N–H and O–H groups in total. The van der Waals surface area contributed by atoms with Gasteiger partial charge >= 0.3 is 0 Å². The Morgan fingerprint density at radius 2 is 1.85 bits per heavy atom. The van der Waals surface area contributed by atoms with E-state index < -0.39 is 21.4 Å². The average molecular weight is 300 g/mol. The number of halogens is 1. The first-order valence-corrected chi connectivity index (χ1v) is 8.32. The van der Waals surface area contributed by atoms with Crippen LogP contribution in [0.15, 0.2) is 29.2 Å². The van der Waals surface area contributed by atoms with Crippen LogP contribution in [0.4, 0.5) is 4.39 Å². The fourth-order valence-corrected chi connectivity index (χ4v) is 4.54. The third-order valence-electron chi connectivity index (χ3n) is 4.31. The molecule has 4 nitrogen and oxygen atoms in total. The molecule has 0 saturated heterocycles. The van der Waals surface area contributed by atoms with E-state index in [9.17, 15) is 12.8 Å². The van der Waals surface area contributed by atoms with Gasteiger partial charge in [0.2, 0.25) is 10.0 Å². The van der Waals surface area contributed by atoms with Crippen molar-refractivity contribution in [2.45, 2.75) is 42.5 Å². The van der Waals surface area contributed by atoms with E-state index in [-0.39, 0.29) is 11.4 Å². The summed E-state index contributed by atoms with van der Waals surface area (Å²) in [5, 5.41) is 0. The lowest BCUT2D eigenvalue weighted by atomic mass is 9.82. The Bertz CT molecular complexity index is 568. The third kappa shape index (κ3) is 2.60. The van der Waals surface area contributed by atoms with Crippen LogP contribution < -0.4 is 5.73 Å². The first-order chi connectivity index (χ1) is 9.44. The van der Waals surface area contributed by atoms with Gasteiger partial charge in [-0.2, -0.15) is 4.31 Å². The lowest BCUT2D eigenvalue weighted by Gasteiger charge is -2.42. The zero-order valence-corrected chi connectivity index (χ0v) is 12.5. The summed E-state index contributed by atoms with van der Waals surface area (Å²) in [5.74, 6) is -0.720. The minimum Gasteiger partial charge on any atom is -0.329 e. The Hall–Kier alpha value is -0.980. The fraction of sp³-hybridized carbons (Fsp3) is 0.571. The molecular formula is C14H21FN2O2S. The molecule has 1 aliphatic carbocycles. The molecule has 6 heteroatoms. The molecule has 20 heavy (non-hydrogen) atoms. The molecule has 1 aromatic carbocycles. The van der Waals surface area contributed by atoms with Crippen molar-refractivity contribution in [1.29, 1.82) is 0 Å². The maximum Gasteiger partial charge on any atom is 0.246 e. The summed E-state index contributed by atoms with van der Waals surface area (Å²) in [4.78, 5) is -0.277. The topological polar surface area (TPSA) is 63.4 Å². The van der Waals surface area contributed by atoms with E-state index in [1.165, 1.54) is 29.6 Å². The molecule has 1 aromatic rings. The summed E-state index contributed by atoms with van der Waals surface area (Å²) in [6.45, 7) is 0.261. The van der Waals surface area contributed by atoms with Crippen LogP contribution in [0.2, 0.25) is 0 Å². The number of likely N-dealkylation sites (N-methyl/N-ethyl adjacent to an activating group) is 1. The van der Waals surface area contributed by atoms with Gasteiger partial charge in [0, 0.05) is 19.1 Å². The summed E-state index contributed by atoms with van der Waals surface area (Å²) in [7, 11) is -2.35. The Morgan fingerprint density at radius 3 is 2.40 bits per heavy atom. The summed E-state index contributed by atoms with van der Waals surface area (Å²) >= 11 is 0. The molecule has 0 amide bonds. The largest absolute Gasteiger partial charge is 0.329 e. The molecular weight excluding hydrogens is 279 g/mol. The van der Waals surface area contributed by atoms with Gasteiger partial charge in [-0.1, -0.05) is 31.4 Å². The summed E-state index contributed by atoms with van der Waals surface area (Å²) in [6.07, 6.45) is 4.46. The highest BCUT2D eigenvalue weighted by Gasteiger charge is 2.42. The molecule has 1 saturated carbocycles. The van der Waals surface area contributed by atoms with Crippen molar-refractivity contribution >= 4 is 10.0 Å². The minimum absolute atomic E-state index is 0.261. The van der Waals surface area contributed by atoms with Crippen molar-refractivity contribution < 1.29 is 12.8 Å². The highest BCUT2D eigenvalue weighted by Crippen LogP contribution is 2.35. The third-order valence-corrected chi connectivity index (χ3v) is 6.30. The number of benzene rings is 1. The van der Waals surface area contributed by atoms with Gasteiger partial charge in [0.25, 0.3) is 0 Å². The lowest BCUT2D eigenvalue weighted by Crippen LogP contribution is -2.55. The van der Waals surface area contributed by atoms with Crippen molar-refractivity contribution in [2.75, 3.05) is 13.6 Å². The van der Waals surface area contributed by atoms with Gasteiger partial charge in [0.1, 0.15) is 10.7 Å². The SMILES string of the molecule is CN(C1(CN)CCCCC1)S(=O)(=O)c1ccccc1F. The summed E-state index contributed by atoms with van der Waals surface area (Å²) in [5.41, 5.74) is 5.27. The number of hydrogen-bond donors (Lipinski definition) is 1. The maximum absolute atomic E-state index is 13.8. The van der Waals surface area contributed by atoms with Crippen LogP contribution >= 0.6 is 0 Å². The van der Waals surface area contributed by atoms with Gasteiger partial charge in [0.05, 0.1) is 0 Å². The van der Waals surface area contributed by atoms with Crippen LogP contribution in [-0.2, 0) is 10.0 Å². The normalized spacial score (nSPS) is 19.2. The quantitative estimate of drug-likeness (QED) is 0.926. The first kappa shape index (κ1) is 15.4. The molecule has 2 rings (SSSR count). The molecule has 0 unspecified atom stereocenters. The van der Waals surface area contributed by atoms with E-state index in [1.807, 2.05) is 0 Å². The Labute approximate surface area is 119 Å². The van der Waals surface area contributed by atoms with Crippen LogP contribution in [0.25, 0.3) is 0 Å². The first-order valence-electron chi connectivity index (χ1n) is 6.88. The molecule has 0 aliphatic heterocycles. The van der Waals surface area contributed by atoms with Crippen LogP contribution in [-0.4, -0.2) is 31.9 Å². The molecule has 0 bridgehead atoms. The van der Waals surface area contributed by atoms with E-state index in [1.54, 1.807) is 0 Å². The number of nitrogens with zero attached hydrogens (tertiary/aromatic N) is 1. The summed E-state index contributed by atoms with van der Waals surface area (Å²) < 4.78 is 40.4. The molecule has 1 aliphatic rings. The van der Waals surface area contributed by atoms with Crippen molar-refractivity contribution in [3.8, 4) is 0 Å². The zero-order valence-electron chi connectivity index (χ0n) is 11.7. The standard InChI is InChI=1S/C14H21FN2O2S/c1-17(14(11-16)9-5-2-6-10-14)20(18,19)13-8-4-3-7-12(13)15/h3-4,7-8H,2,5-6,9-11,16H2,1H3. The minimum atomic E-state index is -3.86. The van der Waals surface area contributed by atoms with Gasteiger partial charge in [-0.05, 0) is 25.0 Å². The van der Waals surface area contributed by atoms with Crippen molar-refractivity contribution in [3.63, 3.8) is 0 Å². The van der Waals surface area contributed by atoms with Gasteiger partial charge < -0.3 is 5.73 Å². The predicted molar refractivity (Wildman–Crippen MR) is 76.2 cm³/mol. The van der Waals surface area contributed by atoms with Crippen molar-refractivity contribution in [1.82, 2.24) is 4.31 Å². The van der Waals surface area contributed by atoms with E-state index >= 15 is 0 Å². The van der Waals surface area contributed by atoms with E-state index in [2.05, 4.69) is 0 Å². The highest BCUT2D eigenvalue weighted by atomic mass is 32.2. The van der Waals surface area contributed by atoms with Crippen LogP contribution in [0.1, 0.15) is 32.1 Å². The van der Waals surface area contributed by atoms with Gasteiger partial charge in [-0.15, -0.1) is 0 Å². The summed E-state index contributed by atoms with van der Waals surface area (Å²) in [6, 6.07) is 5.47. The predicted octanol–water partition coefficient (Wildman–Crippen LogP) is 2.11. The lowest BCUT2D eigenvalue weighted by molar-refractivity contribution is 0.159. The second-order valence-electron chi connectivity index (χ2n) is 5.39. The second-order valence-corrected chi connectivity index (χ2v) is 7.33. The number of sulfonamides is 1. The average Bonchev–Trinajstić information content (AvgIpc) is 2.47. The van der Waals surface area contributed by atoms with Crippen LogP contribution in [0.3, 0.4) is 0 Å². The second kappa shape index (κ2) is 5.79. The molecule has 0 atom stereocenters. The van der Waals surface area contributed by atoms with Gasteiger partial charge in [-0.3, -0.25) is 0 Å². The molecule has 0 heterocycles. The zero-order chi connectivity index (χ0) is 14.8. The molecule has 1 fully saturated rings. The van der Waals surface area contributed by atoms with Crippen molar-refractivity contribution in [2.24, 2.45) is 5.73 Å². The van der Waals surface area contributed by atoms with Gasteiger partial charge in [-0.25, -0.2) is 12.8 Å². The monoisotopic (exact) mass is 300 g/mol. The molecule has 112 valence electrons. The van der Waals surface area contributed by atoms with Gasteiger partial charge in [0.15, 0.2) is 0 Å². The highest BCUT2D eigenvalue weighted by molar-refractivity contribution is 7.89.